The molecule has 3 N–H and O–H groups in total. The van der Waals surface area contributed by atoms with E-state index >= 15 is 0 Å². The Hall–Kier alpha value is -1.88. The summed E-state index contributed by atoms with van der Waals surface area (Å²) in [5.74, 6) is -0.198. The number of carbonyl (C=O) groups is 1. The highest BCUT2D eigenvalue weighted by Crippen LogP contribution is 2.15. The molecular weight excluding hydrogens is 246 g/mol. The molecule has 0 spiro atoms. The molecule has 1 atom stereocenters. The van der Waals surface area contributed by atoms with Crippen molar-refractivity contribution in [3.63, 3.8) is 0 Å². The van der Waals surface area contributed by atoms with Crippen LogP contribution in [0, 0.1) is 6.92 Å². The summed E-state index contributed by atoms with van der Waals surface area (Å²) >= 11 is 1.26. The largest absolute Gasteiger partial charge is 0.375 e. The highest BCUT2D eigenvalue weighted by Gasteiger charge is 2.13. The van der Waals surface area contributed by atoms with Crippen LogP contribution in [-0.4, -0.2) is 10.9 Å². The van der Waals surface area contributed by atoms with Gasteiger partial charge in [-0.25, -0.2) is 4.98 Å². The Morgan fingerprint density at radius 1 is 1.39 bits per heavy atom. The Morgan fingerprint density at radius 2 is 2.06 bits per heavy atom. The topological polar surface area (TPSA) is 68.0 Å². The molecule has 0 saturated heterocycles. The van der Waals surface area contributed by atoms with Gasteiger partial charge in [0.05, 0.1) is 6.04 Å². The van der Waals surface area contributed by atoms with Gasteiger partial charge in [-0.05, 0) is 19.4 Å². The summed E-state index contributed by atoms with van der Waals surface area (Å²) in [4.78, 5) is 15.8. The zero-order chi connectivity index (χ0) is 13.1. The summed E-state index contributed by atoms with van der Waals surface area (Å²) in [7, 11) is 0. The number of thiazole rings is 1. The van der Waals surface area contributed by atoms with Crippen molar-refractivity contribution in [1.29, 1.82) is 0 Å². The summed E-state index contributed by atoms with van der Waals surface area (Å²) in [6, 6.07) is 8.02. The van der Waals surface area contributed by atoms with E-state index in [9.17, 15) is 4.79 Å². The summed E-state index contributed by atoms with van der Waals surface area (Å²) < 4.78 is 0. The summed E-state index contributed by atoms with van der Waals surface area (Å²) in [5.41, 5.74) is 8.14. The van der Waals surface area contributed by atoms with Crippen molar-refractivity contribution in [2.45, 2.75) is 19.9 Å². The van der Waals surface area contributed by atoms with Gasteiger partial charge in [-0.15, -0.1) is 11.3 Å². The lowest BCUT2D eigenvalue weighted by Crippen LogP contribution is -2.26. The van der Waals surface area contributed by atoms with Crippen molar-refractivity contribution in [3.8, 4) is 0 Å². The maximum atomic E-state index is 11.9. The van der Waals surface area contributed by atoms with Crippen LogP contribution in [0.3, 0.4) is 0 Å². The molecule has 1 heterocycles. The van der Waals surface area contributed by atoms with Crippen molar-refractivity contribution in [3.05, 3.63) is 46.5 Å². The molecule has 2 aromatic rings. The predicted octanol–water partition coefficient (Wildman–Crippen LogP) is 2.52. The van der Waals surface area contributed by atoms with Gasteiger partial charge >= 0.3 is 0 Å². The van der Waals surface area contributed by atoms with Crippen LogP contribution in [0.2, 0.25) is 0 Å². The minimum absolute atomic E-state index is 0.0546. The van der Waals surface area contributed by atoms with Gasteiger partial charge in [0, 0.05) is 5.38 Å². The van der Waals surface area contributed by atoms with Crippen molar-refractivity contribution in [2.75, 3.05) is 5.73 Å². The Morgan fingerprint density at radius 3 is 2.61 bits per heavy atom. The van der Waals surface area contributed by atoms with E-state index in [0.29, 0.717) is 10.8 Å². The predicted molar refractivity (Wildman–Crippen MR) is 73.6 cm³/mol. The first kappa shape index (κ1) is 12.6. The minimum atomic E-state index is -0.198. The molecule has 5 heteroatoms. The monoisotopic (exact) mass is 261 g/mol. The standard InChI is InChI=1S/C13H15N3OS/c1-8-3-5-10(6-4-8)9(2)15-12(17)11-7-18-13(14)16-11/h3-7,9H,1-2H3,(H2,14,16)(H,15,17). The minimum Gasteiger partial charge on any atom is -0.375 e. The quantitative estimate of drug-likeness (QED) is 0.892. The van der Waals surface area contributed by atoms with Crippen LogP contribution in [0.15, 0.2) is 29.6 Å². The van der Waals surface area contributed by atoms with Crippen LogP contribution in [0.25, 0.3) is 0 Å². The van der Waals surface area contributed by atoms with Gasteiger partial charge in [-0.1, -0.05) is 29.8 Å². The van der Waals surface area contributed by atoms with E-state index in [1.807, 2.05) is 38.1 Å². The van der Waals surface area contributed by atoms with Gasteiger partial charge < -0.3 is 11.1 Å². The smallest absolute Gasteiger partial charge is 0.271 e. The Kier molecular flexibility index (Phi) is 3.62. The first-order valence-electron chi connectivity index (χ1n) is 5.64. The zero-order valence-corrected chi connectivity index (χ0v) is 11.1. The van der Waals surface area contributed by atoms with E-state index in [-0.39, 0.29) is 11.9 Å². The number of nitrogen functional groups attached to an aromatic ring is 1. The van der Waals surface area contributed by atoms with E-state index in [0.717, 1.165) is 5.56 Å². The van der Waals surface area contributed by atoms with Crippen molar-refractivity contribution >= 4 is 22.4 Å². The molecule has 1 aromatic heterocycles. The van der Waals surface area contributed by atoms with Gasteiger partial charge in [-0.3, -0.25) is 4.79 Å². The fourth-order valence-electron chi connectivity index (χ4n) is 1.60. The number of nitrogens with two attached hydrogens (primary N) is 1. The Labute approximate surface area is 110 Å². The highest BCUT2D eigenvalue weighted by molar-refractivity contribution is 7.13. The molecule has 1 amide bonds. The van der Waals surface area contributed by atoms with Crippen LogP contribution in [-0.2, 0) is 0 Å². The maximum absolute atomic E-state index is 11.9. The molecule has 1 aromatic carbocycles. The van der Waals surface area contributed by atoms with Gasteiger partial charge in [0.15, 0.2) is 5.13 Å². The molecule has 0 aliphatic rings. The Balaban J connectivity index is 2.05. The van der Waals surface area contributed by atoms with Crippen LogP contribution in [0.4, 0.5) is 5.13 Å². The first-order chi connectivity index (χ1) is 8.56. The third-order valence-electron chi connectivity index (χ3n) is 2.68. The maximum Gasteiger partial charge on any atom is 0.271 e. The fourth-order valence-corrected chi connectivity index (χ4v) is 2.14. The molecule has 0 aliphatic heterocycles. The molecule has 0 bridgehead atoms. The van der Waals surface area contributed by atoms with E-state index in [2.05, 4.69) is 10.3 Å². The number of nitrogens with zero attached hydrogens (tertiary/aromatic N) is 1. The third kappa shape index (κ3) is 2.87. The molecule has 1 unspecified atom stereocenters. The van der Waals surface area contributed by atoms with E-state index < -0.39 is 0 Å². The lowest BCUT2D eigenvalue weighted by molar-refractivity contribution is 0.0935. The number of aromatic nitrogens is 1. The molecule has 0 radical (unpaired) electrons. The van der Waals surface area contributed by atoms with Crippen LogP contribution in [0.1, 0.15) is 34.6 Å². The zero-order valence-electron chi connectivity index (χ0n) is 10.3. The molecule has 18 heavy (non-hydrogen) atoms. The van der Waals surface area contributed by atoms with Crippen molar-refractivity contribution < 1.29 is 4.79 Å². The van der Waals surface area contributed by atoms with E-state index in [4.69, 9.17) is 5.73 Å². The average molecular weight is 261 g/mol. The molecular formula is C13H15N3OS. The summed E-state index contributed by atoms with van der Waals surface area (Å²) in [6.45, 7) is 3.98. The van der Waals surface area contributed by atoms with Gasteiger partial charge in [-0.2, -0.15) is 0 Å². The molecule has 0 fully saturated rings. The van der Waals surface area contributed by atoms with E-state index in [1.54, 1.807) is 5.38 Å². The molecule has 94 valence electrons. The van der Waals surface area contributed by atoms with E-state index in [1.165, 1.54) is 16.9 Å². The lowest BCUT2D eigenvalue weighted by atomic mass is 10.1. The van der Waals surface area contributed by atoms with Crippen molar-refractivity contribution in [2.24, 2.45) is 0 Å². The second-order valence-electron chi connectivity index (χ2n) is 4.18. The number of hydrogen-bond acceptors (Lipinski definition) is 4. The second kappa shape index (κ2) is 5.18. The number of rotatable bonds is 3. The molecule has 4 nitrogen and oxygen atoms in total. The molecule has 2 rings (SSSR count). The lowest BCUT2D eigenvalue weighted by Gasteiger charge is -2.13. The number of hydrogen-bond donors (Lipinski definition) is 2. The fraction of sp³-hybridized carbons (Fsp3) is 0.231. The number of nitrogens with one attached hydrogen (secondary N) is 1. The SMILES string of the molecule is Cc1ccc(C(C)NC(=O)c2csc(N)n2)cc1. The van der Waals surface area contributed by atoms with Crippen LogP contribution < -0.4 is 11.1 Å². The Bertz CT molecular complexity index is 548. The highest BCUT2D eigenvalue weighted by atomic mass is 32.1. The average Bonchev–Trinajstić information content (AvgIpc) is 2.76. The number of benzene rings is 1. The van der Waals surface area contributed by atoms with Crippen LogP contribution in [0.5, 0.6) is 0 Å². The normalized spacial score (nSPS) is 12.1. The second-order valence-corrected chi connectivity index (χ2v) is 5.07. The van der Waals surface area contributed by atoms with Crippen LogP contribution >= 0.6 is 11.3 Å². The van der Waals surface area contributed by atoms with Gasteiger partial charge in [0.2, 0.25) is 0 Å². The summed E-state index contributed by atoms with van der Waals surface area (Å²) in [5, 5.41) is 4.96. The number of anilines is 1. The van der Waals surface area contributed by atoms with Crippen molar-refractivity contribution in [1.82, 2.24) is 10.3 Å². The first-order valence-corrected chi connectivity index (χ1v) is 6.52. The molecule has 0 saturated carbocycles. The number of aryl methyl sites for hydroxylation is 1. The summed E-state index contributed by atoms with van der Waals surface area (Å²) in [6.07, 6.45) is 0. The molecule has 0 aliphatic carbocycles. The van der Waals surface area contributed by atoms with Gasteiger partial charge in [0.25, 0.3) is 5.91 Å². The number of amides is 1. The van der Waals surface area contributed by atoms with Gasteiger partial charge in [0.1, 0.15) is 5.69 Å². The third-order valence-corrected chi connectivity index (χ3v) is 3.35. The number of carbonyl (C=O) groups excluding carboxylic acids is 1.